The highest BCUT2D eigenvalue weighted by Gasteiger charge is 1.78. The van der Waals surface area contributed by atoms with Crippen LogP contribution >= 0.6 is 22.6 Å². The number of benzene rings is 1. The zero-order valence-electron chi connectivity index (χ0n) is 6.13. The first-order valence-electron chi connectivity index (χ1n) is 3.45. The number of rotatable bonds is 2. The number of hydrogen-bond acceptors (Lipinski definition) is 0. The van der Waals surface area contributed by atoms with Crippen molar-refractivity contribution in [2.45, 2.75) is 0 Å². The second kappa shape index (κ2) is 5.16. The summed E-state index contributed by atoms with van der Waals surface area (Å²) in [7, 11) is 0. The zero-order chi connectivity index (χ0) is 7.94. The smallest absolute Gasteiger partial charge is 0.0251 e. The summed E-state index contributed by atoms with van der Waals surface area (Å²) in [6.45, 7) is 0. The lowest BCUT2D eigenvalue weighted by molar-refractivity contribution is 1.66. The zero-order valence-corrected chi connectivity index (χ0v) is 8.28. The maximum Gasteiger partial charge on any atom is 0.0251 e. The number of hydrogen-bond donors (Lipinski definition) is 0. The molecule has 0 radical (unpaired) electrons. The molecule has 0 saturated carbocycles. The summed E-state index contributed by atoms with van der Waals surface area (Å²) < 4.78 is 1.01. The Morgan fingerprint density at radius 2 is 2.00 bits per heavy atom. The molecule has 0 aliphatic heterocycles. The minimum atomic E-state index is 1.01. The molecule has 0 bridgehead atoms. The van der Waals surface area contributed by atoms with E-state index in [0.717, 1.165) is 4.43 Å². The van der Waals surface area contributed by atoms with Crippen LogP contribution < -0.4 is 0 Å². The molecule has 0 nitrogen and oxygen atoms in total. The van der Waals surface area contributed by atoms with E-state index < -0.39 is 0 Å². The SMILES string of the molecule is ICC=C=Cc1ccccc1. The summed E-state index contributed by atoms with van der Waals surface area (Å²) in [6, 6.07) is 10.2. The van der Waals surface area contributed by atoms with Gasteiger partial charge in [-0.25, -0.2) is 0 Å². The second-order valence-electron chi connectivity index (χ2n) is 2.08. The fourth-order valence-corrected chi connectivity index (χ4v) is 1.00. The molecule has 11 heavy (non-hydrogen) atoms. The molecule has 0 N–H and O–H groups in total. The van der Waals surface area contributed by atoms with Crippen LogP contribution in [0.5, 0.6) is 0 Å². The molecule has 0 fully saturated rings. The highest BCUT2D eigenvalue weighted by atomic mass is 127. The van der Waals surface area contributed by atoms with Crippen molar-refractivity contribution in [2.24, 2.45) is 0 Å². The van der Waals surface area contributed by atoms with Crippen molar-refractivity contribution in [3.8, 4) is 0 Å². The Morgan fingerprint density at radius 1 is 1.27 bits per heavy atom. The Kier molecular flexibility index (Phi) is 4.02. The van der Waals surface area contributed by atoms with E-state index >= 15 is 0 Å². The summed E-state index contributed by atoms with van der Waals surface area (Å²) >= 11 is 2.29. The molecule has 1 aromatic rings. The third-order valence-corrected chi connectivity index (χ3v) is 1.68. The van der Waals surface area contributed by atoms with Gasteiger partial charge in [-0.3, -0.25) is 0 Å². The molecule has 0 atom stereocenters. The van der Waals surface area contributed by atoms with Gasteiger partial charge < -0.3 is 0 Å². The van der Waals surface area contributed by atoms with Crippen molar-refractivity contribution in [1.82, 2.24) is 0 Å². The van der Waals surface area contributed by atoms with Crippen LogP contribution in [0.3, 0.4) is 0 Å². The summed E-state index contributed by atoms with van der Waals surface area (Å²) in [5.74, 6) is 0. The van der Waals surface area contributed by atoms with Gasteiger partial charge in [-0.1, -0.05) is 52.9 Å². The lowest BCUT2D eigenvalue weighted by Gasteiger charge is -1.85. The molecule has 0 aromatic heterocycles. The average molecular weight is 256 g/mol. The van der Waals surface area contributed by atoms with Crippen molar-refractivity contribution in [3.63, 3.8) is 0 Å². The van der Waals surface area contributed by atoms with Gasteiger partial charge >= 0.3 is 0 Å². The first kappa shape index (κ1) is 8.57. The van der Waals surface area contributed by atoms with E-state index in [1.165, 1.54) is 5.56 Å². The van der Waals surface area contributed by atoms with E-state index in [0.29, 0.717) is 0 Å². The third-order valence-electron chi connectivity index (χ3n) is 1.24. The highest BCUT2D eigenvalue weighted by Crippen LogP contribution is 1.99. The minimum absolute atomic E-state index is 1.01. The van der Waals surface area contributed by atoms with Crippen LogP contribution in [0.15, 0.2) is 42.1 Å². The van der Waals surface area contributed by atoms with Crippen LogP contribution in [-0.2, 0) is 0 Å². The van der Waals surface area contributed by atoms with Gasteiger partial charge in [-0.05, 0) is 17.7 Å². The van der Waals surface area contributed by atoms with E-state index in [1.54, 1.807) is 0 Å². The second-order valence-corrected chi connectivity index (χ2v) is 2.96. The highest BCUT2D eigenvalue weighted by molar-refractivity contribution is 14.1. The molecule has 0 aliphatic rings. The van der Waals surface area contributed by atoms with Crippen molar-refractivity contribution in [2.75, 3.05) is 4.43 Å². The molecule has 1 rings (SSSR count). The van der Waals surface area contributed by atoms with Gasteiger partial charge in [-0.2, -0.15) is 0 Å². The first-order valence-corrected chi connectivity index (χ1v) is 4.98. The number of alkyl halides is 1. The Morgan fingerprint density at radius 3 is 2.64 bits per heavy atom. The van der Waals surface area contributed by atoms with Crippen LogP contribution in [-0.4, -0.2) is 4.43 Å². The normalized spacial score (nSPS) is 8.45. The molecule has 0 amide bonds. The predicted octanol–water partition coefficient (Wildman–Crippen LogP) is 3.29. The fraction of sp³-hybridized carbons (Fsp3) is 0.100. The molecule has 1 heteroatoms. The number of allylic oxidation sites excluding steroid dienone is 1. The Bertz CT molecular complexity index is 255. The summed E-state index contributed by atoms with van der Waals surface area (Å²) in [6.07, 6.45) is 3.99. The van der Waals surface area contributed by atoms with Crippen LogP contribution in [0.1, 0.15) is 5.56 Å². The monoisotopic (exact) mass is 256 g/mol. The van der Waals surface area contributed by atoms with E-state index in [1.807, 2.05) is 30.4 Å². The lowest BCUT2D eigenvalue weighted by Crippen LogP contribution is -1.65. The fourth-order valence-electron chi connectivity index (χ4n) is 0.749. The van der Waals surface area contributed by atoms with Crippen LogP contribution in [0.25, 0.3) is 6.08 Å². The largest absolute Gasteiger partial charge is 0.124 e. The van der Waals surface area contributed by atoms with Gasteiger partial charge in [0.1, 0.15) is 0 Å². The first-order chi connectivity index (χ1) is 5.43. The lowest BCUT2D eigenvalue weighted by atomic mass is 10.2. The molecular formula is C10H9I. The van der Waals surface area contributed by atoms with E-state index in [4.69, 9.17) is 0 Å². The molecule has 0 heterocycles. The Labute approximate surface area is 80.8 Å². The van der Waals surface area contributed by atoms with Crippen molar-refractivity contribution in [3.05, 3.63) is 47.7 Å². The molecule has 0 unspecified atom stereocenters. The quantitative estimate of drug-likeness (QED) is 0.432. The average Bonchev–Trinajstić information content (AvgIpc) is 2.07. The third kappa shape index (κ3) is 3.40. The molecule has 0 aliphatic carbocycles. The van der Waals surface area contributed by atoms with E-state index in [9.17, 15) is 0 Å². The van der Waals surface area contributed by atoms with Crippen LogP contribution in [0, 0.1) is 0 Å². The maximum atomic E-state index is 3.09. The van der Waals surface area contributed by atoms with Gasteiger partial charge in [0.25, 0.3) is 0 Å². The molecule has 0 saturated heterocycles. The van der Waals surface area contributed by atoms with Gasteiger partial charge in [0.15, 0.2) is 0 Å². The standard InChI is InChI=1S/C10H9I/c11-9-5-4-8-10-6-2-1-3-7-10/h1-3,5-8H,9H2. The van der Waals surface area contributed by atoms with Crippen molar-refractivity contribution >= 4 is 28.7 Å². The van der Waals surface area contributed by atoms with E-state index in [2.05, 4.69) is 40.5 Å². The molecule has 1 aromatic carbocycles. The van der Waals surface area contributed by atoms with Gasteiger partial charge in [0, 0.05) is 4.43 Å². The number of halogens is 1. The van der Waals surface area contributed by atoms with Crippen LogP contribution in [0.2, 0.25) is 0 Å². The summed E-state index contributed by atoms with van der Waals surface area (Å²) in [5.41, 5.74) is 4.30. The predicted molar refractivity (Wildman–Crippen MR) is 57.9 cm³/mol. The maximum absolute atomic E-state index is 3.09. The van der Waals surface area contributed by atoms with Gasteiger partial charge in [-0.15, -0.1) is 5.73 Å². The van der Waals surface area contributed by atoms with Gasteiger partial charge in [0.2, 0.25) is 0 Å². The van der Waals surface area contributed by atoms with E-state index in [-0.39, 0.29) is 0 Å². The molecule has 56 valence electrons. The molecular weight excluding hydrogens is 247 g/mol. The topological polar surface area (TPSA) is 0 Å². The van der Waals surface area contributed by atoms with Gasteiger partial charge in [0.05, 0.1) is 0 Å². The minimum Gasteiger partial charge on any atom is -0.124 e. The molecule has 0 spiro atoms. The van der Waals surface area contributed by atoms with Crippen molar-refractivity contribution in [1.29, 1.82) is 0 Å². The Balaban J connectivity index is 2.72. The Hall–Kier alpha value is -0.530. The summed E-state index contributed by atoms with van der Waals surface area (Å²) in [5, 5.41) is 0. The van der Waals surface area contributed by atoms with Crippen molar-refractivity contribution < 1.29 is 0 Å². The van der Waals surface area contributed by atoms with Crippen LogP contribution in [0.4, 0.5) is 0 Å². The summed E-state index contributed by atoms with van der Waals surface area (Å²) in [4.78, 5) is 0.